The van der Waals surface area contributed by atoms with Gasteiger partial charge in [-0.05, 0) is 6.07 Å². The molecule has 0 aliphatic rings. The Balaban J connectivity index is 2.99. The van der Waals surface area contributed by atoms with E-state index < -0.39 is 16.0 Å². The van der Waals surface area contributed by atoms with Crippen molar-refractivity contribution in [1.82, 2.24) is 0 Å². The molecule has 0 saturated carbocycles. The van der Waals surface area contributed by atoms with Crippen molar-refractivity contribution in [1.29, 1.82) is 0 Å². The lowest BCUT2D eigenvalue weighted by atomic mass is 10.6. The zero-order valence-electron chi connectivity index (χ0n) is 5.09. The smallest absolute Gasteiger partial charge is 0.302 e. The molecule has 5 nitrogen and oxygen atoms in total. The highest BCUT2D eigenvalue weighted by molar-refractivity contribution is 7.81. The fraction of sp³-hybridized carbons (Fsp3) is 0. The van der Waals surface area contributed by atoms with E-state index in [0.717, 1.165) is 0 Å². The van der Waals surface area contributed by atoms with Crippen LogP contribution in [0.15, 0.2) is 16.3 Å². The van der Waals surface area contributed by atoms with Gasteiger partial charge in [-0.1, -0.05) is 11.3 Å². The maximum atomic E-state index is 10.3. The van der Waals surface area contributed by atoms with Crippen LogP contribution in [-0.2, 0) is 11.1 Å². The summed E-state index contributed by atoms with van der Waals surface area (Å²) in [5, 5.41) is 9.95. The van der Waals surface area contributed by atoms with Crippen LogP contribution in [0.4, 0.5) is 5.00 Å². The third-order valence-electron chi connectivity index (χ3n) is 0.919. The molecule has 1 N–H and O–H groups in total. The largest absolute Gasteiger partial charge is 0.325 e. The minimum absolute atomic E-state index is 0.0942. The number of rotatable bonds is 2. The standard InChI is InChI=1S/C4H3NO4S2/c6-5(7)3-1-2-4(10-3)11(8)9/h1-2H,(H,8,9). The summed E-state index contributed by atoms with van der Waals surface area (Å²) in [6.07, 6.45) is 0. The molecule has 0 amide bonds. The average Bonchev–Trinajstić information content (AvgIpc) is 2.33. The van der Waals surface area contributed by atoms with Crippen molar-refractivity contribution in [2.24, 2.45) is 0 Å². The quantitative estimate of drug-likeness (QED) is 0.435. The van der Waals surface area contributed by atoms with E-state index in [1.165, 1.54) is 12.1 Å². The van der Waals surface area contributed by atoms with Gasteiger partial charge in [-0.25, -0.2) is 4.21 Å². The van der Waals surface area contributed by atoms with Gasteiger partial charge in [-0.2, -0.15) is 0 Å². The van der Waals surface area contributed by atoms with Gasteiger partial charge in [0.1, 0.15) is 4.21 Å². The molecule has 1 aromatic rings. The van der Waals surface area contributed by atoms with E-state index in [1.54, 1.807) is 0 Å². The van der Waals surface area contributed by atoms with Crippen molar-refractivity contribution in [3.05, 3.63) is 22.2 Å². The number of nitro groups is 1. The van der Waals surface area contributed by atoms with Gasteiger partial charge in [0, 0.05) is 6.07 Å². The van der Waals surface area contributed by atoms with E-state index in [-0.39, 0.29) is 9.21 Å². The first-order valence-electron chi connectivity index (χ1n) is 2.46. The molecule has 11 heavy (non-hydrogen) atoms. The Morgan fingerprint density at radius 3 is 2.55 bits per heavy atom. The van der Waals surface area contributed by atoms with Crippen molar-refractivity contribution in [2.45, 2.75) is 4.21 Å². The maximum absolute atomic E-state index is 10.3. The number of hydrogen-bond acceptors (Lipinski definition) is 4. The van der Waals surface area contributed by atoms with E-state index in [9.17, 15) is 14.3 Å². The van der Waals surface area contributed by atoms with Crippen LogP contribution in [0.3, 0.4) is 0 Å². The molecule has 1 atom stereocenters. The molecular weight excluding hydrogens is 190 g/mol. The Kier molecular flexibility index (Phi) is 2.32. The minimum atomic E-state index is -2.11. The van der Waals surface area contributed by atoms with Crippen LogP contribution < -0.4 is 0 Å². The van der Waals surface area contributed by atoms with Crippen molar-refractivity contribution >= 4 is 27.4 Å². The fourth-order valence-electron chi connectivity index (χ4n) is 0.502. The van der Waals surface area contributed by atoms with E-state index in [4.69, 9.17) is 4.55 Å². The number of nitrogens with zero attached hydrogens (tertiary/aromatic N) is 1. The van der Waals surface area contributed by atoms with Gasteiger partial charge in [0.15, 0.2) is 11.1 Å². The average molecular weight is 193 g/mol. The van der Waals surface area contributed by atoms with E-state index in [1.807, 2.05) is 0 Å². The molecule has 0 radical (unpaired) electrons. The van der Waals surface area contributed by atoms with Crippen LogP contribution in [-0.4, -0.2) is 13.7 Å². The zero-order valence-corrected chi connectivity index (χ0v) is 6.72. The highest BCUT2D eigenvalue weighted by atomic mass is 32.2. The van der Waals surface area contributed by atoms with Gasteiger partial charge in [0.2, 0.25) is 0 Å². The SMILES string of the molecule is O=[N+]([O-])c1ccc(S(=O)O)s1. The summed E-state index contributed by atoms with van der Waals surface area (Å²) < 4.78 is 18.9. The zero-order chi connectivity index (χ0) is 8.43. The summed E-state index contributed by atoms with van der Waals surface area (Å²) in [5.41, 5.74) is 0. The van der Waals surface area contributed by atoms with E-state index in [0.29, 0.717) is 11.3 Å². The Morgan fingerprint density at radius 2 is 2.27 bits per heavy atom. The topological polar surface area (TPSA) is 80.4 Å². The number of hydrogen-bond donors (Lipinski definition) is 1. The summed E-state index contributed by atoms with van der Waals surface area (Å²) in [5.74, 6) is 0. The van der Waals surface area contributed by atoms with Gasteiger partial charge >= 0.3 is 5.00 Å². The Labute approximate surface area is 68.1 Å². The van der Waals surface area contributed by atoms with Gasteiger partial charge in [-0.3, -0.25) is 10.1 Å². The van der Waals surface area contributed by atoms with Crippen LogP contribution in [0.1, 0.15) is 0 Å². The predicted molar refractivity (Wildman–Crippen MR) is 40.0 cm³/mol. The minimum Gasteiger partial charge on any atom is -0.302 e. The predicted octanol–water partition coefficient (Wildman–Crippen LogP) is 1.24. The van der Waals surface area contributed by atoms with Gasteiger partial charge in [0.05, 0.1) is 4.92 Å². The summed E-state index contributed by atoms with van der Waals surface area (Å²) in [6, 6.07) is 2.47. The lowest BCUT2D eigenvalue weighted by Gasteiger charge is -1.81. The second-order valence-electron chi connectivity index (χ2n) is 1.60. The molecule has 0 aliphatic heterocycles. The Bertz CT molecular complexity index is 278. The fourth-order valence-corrected chi connectivity index (χ4v) is 1.78. The lowest BCUT2D eigenvalue weighted by molar-refractivity contribution is -0.380. The van der Waals surface area contributed by atoms with Gasteiger partial charge < -0.3 is 4.55 Å². The molecule has 0 spiro atoms. The number of thiophene rings is 1. The molecule has 0 fully saturated rings. The van der Waals surface area contributed by atoms with Crippen molar-refractivity contribution in [2.75, 3.05) is 0 Å². The maximum Gasteiger partial charge on any atom is 0.325 e. The normalized spacial score (nSPS) is 12.8. The van der Waals surface area contributed by atoms with E-state index >= 15 is 0 Å². The molecule has 0 aromatic carbocycles. The van der Waals surface area contributed by atoms with Crippen LogP contribution in [0.5, 0.6) is 0 Å². The third-order valence-corrected chi connectivity index (χ3v) is 2.91. The van der Waals surface area contributed by atoms with Crippen LogP contribution in [0.2, 0.25) is 0 Å². The second kappa shape index (κ2) is 3.07. The summed E-state index contributed by atoms with van der Waals surface area (Å²) in [7, 11) is 0. The van der Waals surface area contributed by atoms with Crippen molar-refractivity contribution in [3.63, 3.8) is 0 Å². The highest BCUT2D eigenvalue weighted by Crippen LogP contribution is 2.25. The van der Waals surface area contributed by atoms with E-state index in [2.05, 4.69) is 0 Å². The molecule has 1 heterocycles. The molecule has 0 saturated heterocycles. The highest BCUT2D eigenvalue weighted by Gasteiger charge is 2.12. The summed E-state index contributed by atoms with van der Waals surface area (Å²) in [6.45, 7) is 0. The molecule has 1 aromatic heterocycles. The molecule has 0 aliphatic carbocycles. The Morgan fingerprint density at radius 1 is 1.64 bits per heavy atom. The lowest BCUT2D eigenvalue weighted by Crippen LogP contribution is -1.82. The second-order valence-corrected chi connectivity index (χ2v) is 3.86. The third kappa shape index (κ3) is 1.82. The first-order valence-corrected chi connectivity index (χ1v) is 4.38. The van der Waals surface area contributed by atoms with Crippen molar-refractivity contribution < 1.29 is 13.7 Å². The van der Waals surface area contributed by atoms with Crippen LogP contribution >= 0.6 is 11.3 Å². The monoisotopic (exact) mass is 193 g/mol. The van der Waals surface area contributed by atoms with Crippen LogP contribution in [0, 0.1) is 10.1 Å². The molecule has 7 heteroatoms. The molecule has 60 valence electrons. The first kappa shape index (κ1) is 8.31. The summed E-state index contributed by atoms with van der Waals surface area (Å²) in [4.78, 5) is 9.48. The molecule has 0 bridgehead atoms. The molecular formula is C4H3NO4S2. The first-order chi connectivity index (χ1) is 5.11. The molecule has 1 rings (SSSR count). The van der Waals surface area contributed by atoms with Crippen molar-refractivity contribution in [3.8, 4) is 0 Å². The van der Waals surface area contributed by atoms with Gasteiger partial charge in [-0.15, -0.1) is 0 Å². The van der Waals surface area contributed by atoms with Gasteiger partial charge in [0.25, 0.3) is 0 Å². The Hall–Kier alpha value is -0.790. The van der Waals surface area contributed by atoms with Crippen LogP contribution in [0.25, 0.3) is 0 Å². The molecule has 1 unspecified atom stereocenters. The summed E-state index contributed by atoms with van der Waals surface area (Å²) >= 11 is -1.41.